The minimum Gasteiger partial charge on any atom is -0.318 e. The van der Waals surface area contributed by atoms with Gasteiger partial charge in [0.25, 0.3) is 0 Å². The van der Waals surface area contributed by atoms with Gasteiger partial charge in [-0.1, -0.05) is 12.1 Å². The Kier molecular flexibility index (Phi) is 3.24. The van der Waals surface area contributed by atoms with Crippen molar-refractivity contribution in [1.82, 2.24) is 4.57 Å². The van der Waals surface area contributed by atoms with Crippen LogP contribution in [0, 0.1) is 24.1 Å². The number of aromatic nitrogens is 1. The molecule has 0 atom stereocenters. The van der Waals surface area contributed by atoms with Crippen LogP contribution in [0.5, 0.6) is 0 Å². The van der Waals surface area contributed by atoms with Crippen LogP contribution in [0.2, 0.25) is 0 Å². The van der Waals surface area contributed by atoms with Crippen LogP contribution >= 0.6 is 0 Å². The maximum atomic E-state index is 13.7. The topological polar surface area (TPSA) is 45.8 Å². The Morgan fingerprint density at radius 2 is 2.11 bits per heavy atom. The van der Waals surface area contributed by atoms with Crippen molar-refractivity contribution >= 4 is 0 Å². The first-order valence-electron chi connectivity index (χ1n) is 5.47. The largest absolute Gasteiger partial charge is 0.318 e. The van der Waals surface area contributed by atoms with E-state index in [1.807, 2.05) is 6.07 Å². The van der Waals surface area contributed by atoms with Crippen molar-refractivity contribution in [2.45, 2.75) is 13.3 Å². The van der Waals surface area contributed by atoms with Crippen molar-refractivity contribution in [3.63, 3.8) is 0 Å². The third-order valence-corrected chi connectivity index (χ3v) is 2.70. The smallest absolute Gasteiger partial charge is 0.186 e. The number of benzene rings is 1. The van der Waals surface area contributed by atoms with E-state index in [0.29, 0.717) is 16.9 Å². The molecule has 0 bridgehead atoms. The summed E-state index contributed by atoms with van der Waals surface area (Å²) in [5, 5.41) is 8.66. The zero-order valence-electron chi connectivity index (χ0n) is 9.85. The van der Waals surface area contributed by atoms with E-state index < -0.39 is 0 Å². The molecular weight excluding hydrogens is 231 g/mol. The third-order valence-electron chi connectivity index (χ3n) is 2.70. The van der Waals surface area contributed by atoms with Crippen molar-refractivity contribution in [3.8, 4) is 11.8 Å². The van der Waals surface area contributed by atoms with Crippen LogP contribution < -0.4 is 5.43 Å². The number of aryl methyl sites for hydroxylation is 1. The normalized spacial score (nSPS) is 10.1. The van der Waals surface area contributed by atoms with E-state index in [1.54, 1.807) is 29.7 Å². The average Bonchev–Trinajstić information content (AvgIpc) is 2.34. The highest BCUT2D eigenvalue weighted by molar-refractivity contribution is 5.37. The number of hydrogen-bond donors (Lipinski definition) is 0. The summed E-state index contributed by atoms with van der Waals surface area (Å²) >= 11 is 0. The SMILES string of the molecule is Cc1cc(=O)c(CC#N)cn1-c1ccccc1F. The second kappa shape index (κ2) is 4.84. The molecule has 0 fully saturated rings. The number of nitriles is 1. The molecule has 0 unspecified atom stereocenters. The fourth-order valence-corrected chi connectivity index (χ4v) is 1.80. The number of nitrogens with zero attached hydrogens (tertiary/aromatic N) is 2. The first-order chi connectivity index (χ1) is 8.63. The molecular formula is C14H11FN2O. The van der Waals surface area contributed by atoms with Gasteiger partial charge in [-0.15, -0.1) is 0 Å². The molecule has 0 radical (unpaired) electrons. The summed E-state index contributed by atoms with van der Waals surface area (Å²) in [5.74, 6) is -0.368. The van der Waals surface area contributed by atoms with Crippen LogP contribution in [-0.4, -0.2) is 4.57 Å². The van der Waals surface area contributed by atoms with Crippen LogP contribution in [0.1, 0.15) is 11.3 Å². The maximum absolute atomic E-state index is 13.7. The Bertz CT molecular complexity index is 683. The minimum absolute atomic E-state index is 0.0214. The second-order valence-corrected chi connectivity index (χ2v) is 3.96. The molecule has 18 heavy (non-hydrogen) atoms. The Labute approximate surface area is 104 Å². The van der Waals surface area contributed by atoms with E-state index in [-0.39, 0.29) is 17.7 Å². The summed E-state index contributed by atoms with van der Waals surface area (Å²) < 4.78 is 15.3. The Balaban J connectivity index is 2.66. The quantitative estimate of drug-likeness (QED) is 0.811. The lowest BCUT2D eigenvalue weighted by Crippen LogP contribution is -2.14. The van der Waals surface area contributed by atoms with Gasteiger partial charge in [0.1, 0.15) is 5.82 Å². The summed E-state index contributed by atoms with van der Waals surface area (Å²) in [6, 6.07) is 9.66. The molecule has 0 aliphatic heterocycles. The molecule has 3 nitrogen and oxygen atoms in total. The number of pyridine rings is 1. The van der Waals surface area contributed by atoms with E-state index in [0.717, 1.165) is 0 Å². The van der Waals surface area contributed by atoms with E-state index in [9.17, 15) is 9.18 Å². The van der Waals surface area contributed by atoms with Gasteiger partial charge in [0.2, 0.25) is 0 Å². The molecule has 1 aromatic carbocycles. The molecule has 1 aromatic heterocycles. The second-order valence-electron chi connectivity index (χ2n) is 3.96. The number of halogens is 1. The molecule has 4 heteroatoms. The third kappa shape index (κ3) is 2.16. The summed E-state index contributed by atoms with van der Waals surface area (Å²) in [4.78, 5) is 11.6. The van der Waals surface area contributed by atoms with Crippen LogP contribution in [0.15, 0.2) is 41.3 Å². The molecule has 1 heterocycles. The Morgan fingerprint density at radius 3 is 2.78 bits per heavy atom. The predicted octanol–water partition coefficient (Wildman–Crippen LogP) is 2.35. The molecule has 0 saturated carbocycles. The molecule has 0 spiro atoms. The highest BCUT2D eigenvalue weighted by atomic mass is 19.1. The van der Waals surface area contributed by atoms with Crippen molar-refractivity contribution in [1.29, 1.82) is 5.26 Å². The summed E-state index contributed by atoms with van der Waals surface area (Å²) in [6.45, 7) is 1.73. The summed E-state index contributed by atoms with van der Waals surface area (Å²) in [5.41, 5.74) is 1.17. The number of rotatable bonds is 2. The lowest BCUT2D eigenvalue weighted by molar-refractivity contribution is 0.616. The van der Waals surface area contributed by atoms with E-state index in [2.05, 4.69) is 0 Å². The standard InChI is InChI=1S/C14H11FN2O/c1-10-8-14(18)11(6-7-16)9-17(10)13-5-3-2-4-12(13)15/h2-5,8-9H,6H2,1H3. The molecule has 2 aromatic rings. The Morgan fingerprint density at radius 1 is 1.39 bits per heavy atom. The van der Waals surface area contributed by atoms with Gasteiger partial charge in [0.05, 0.1) is 18.2 Å². The van der Waals surface area contributed by atoms with Gasteiger partial charge in [0, 0.05) is 23.5 Å². The first-order valence-corrected chi connectivity index (χ1v) is 5.47. The zero-order valence-corrected chi connectivity index (χ0v) is 9.85. The number of hydrogen-bond acceptors (Lipinski definition) is 2. The number of para-hydroxylation sites is 1. The lowest BCUT2D eigenvalue weighted by Gasteiger charge is -2.12. The van der Waals surface area contributed by atoms with E-state index >= 15 is 0 Å². The highest BCUT2D eigenvalue weighted by Crippen LogP contribution is 2.14. The van der Waals surface area contributed by atoms with Crippen LogP contribution in [0.4, 0.5) is 4.39 Å². The van der Waals surface area contributed by atoms with Crippen molar-refractivity contribution < 1.29 is 4.39 Å². The van der Waals surface area contributed by atoms with Gasteiger partial charge in [-0.3, -0.25) is 4.79 Å². The van der Waals surface area contributed by atoms with Crippen LogP contribution in [0.25, 0.3) is 5.69 Å². The molecule has 0 aliphatic carbocycles. The van der Waals surface area contributed by atoms with Gasteiger partial charge in [-0.2, -0.15) is 5.26 Å². The summed E-state index contributed by atoms with van der Waals surface area (Å²) in [7, 11) is 0. The van der Waals surface area contributed by atoms with Gasteiger partial charge < -0.3 is 4.57 Å². The molecule has 0 aliphatic rings. The monoisotopic (exact) mass is 242 g/mol. The van der Waals surface area contributed by atoms with Crippen molar-refractivity contribution in [2.24, 2.45) is 0 Å². The van der Waals surface area contributed by atoms with Gasteiger partial charge in [0.15, 0.2) is 5.43 Å². The van der Waals surface area contributed by atoms with Gasteiger partial charge in [-0.25, -0.2) is 4.39 Å². The fraction of sp³-hybridized carbons (Fsp3) is 0.143. The minimum atomic E-state index is -0.368. The van der Waals surface area contributed by atoms with Crippen molar-refractivity contribution in [2.75, 3.05) is 0 Å². The van der Waals surface area contributed by atoms with E-state index in [4.69, 9.17) is 5.26 Å². The zero-order chi connectivity index (χ0) is 13.1. The maximum Gasteiger partial charge on any atom is 0.186 e. The average molecular weight is 242 g/mol. The molecule has 0 N–H and O–H groups in total. The summed E-state index contributed by atoms with van der Waals surface area (Å²) in [6.07, 6.45) is 1.55. The van der Waals surface area contributed by atoms with E-state index in [1.165, 1.54) is 18.3 Å². The molecule has 0 amide bonds. The van der Waals surface area contributed by atoms with Crippen LogP contribution in [-0.2, 0) is 6.42 Å². The van der Waals surface area contributed by atoms with Gasteiger partial charge >= 0.3 is 0 Å². The lowest BCUT2D eigenvalue weighted by atomic mass is 10.2. The van der Waals surface area contributed by atoms with Gasteiger partial charge in [-0.05, 0) is 19.1 Å². The molecule has 0 saturated heterocycles. The highest BCUT2D eigenvalue weighted by Gasteiger charge is 2.08. The molecule has 2 rings (SSSR count). The first kappa shape index (κ1) is 12.1. The Hall–Kier alpha value is -2.41. The fourth-order valence-electron chi connectivity index (χ4n) is 1.80. The molecule has 90 valence electrons. The van der Waals surface area contributed by atoms with Crippen LogP contribution in [0.3, 0.4) is 0 Å². The van der Waals surface area contributed by atoms with Crippen molar-refractivity contribution in [3.05, 3.63) is 63.8 Å². The predicted molar refractivity (Wildman–Crippen MR) is 66.1 cm³/mol.